The molecule has 0 aliphatic heterocycles. The molecule has 0 radical (unpaired) electrons. The van der Waals surface area contributed by atoms with E-state index in [1.165, 1.54) is 18.4 Å². The van der Waals surface area contributed by atoms with Gasteiger partial charge in [0.25, 0.3) is 0 Å². The molecule has 1 aliphatic rings. The molecule has 3 rings (SSSR count). The van der Waals surface area contributed by atoms with Crippen LogP contribution in [0.5, 0.6) is 11.5 Å². The van der Waals surface area contributed by atoms with Gasteiger partial charge in [0, 0.05) is 5.69 Å². The van der Waals surface area contributed by atoms with E-state index in [2.05, 4.69) is 22.8 Å². The van der Waals surface area contributed by atoms with Gasteiger partial charge in [0.15, 0.2) is 5.11 Å². The number of ether oxygens (including phenoxy) is 2. The fourth-order valence-electron chi connectivity index (χ4n) is 3.68. The molecular formula is C22H28N2O2S. The van der Waals surface area contributed by atoms with Crippen molar-refractivity contribution in [3.8, 4) is 11.5 Å². The maximum absolute atomic E-state index is 5.62. The number of nitrogens with one attached hydrogen (secondary N) is 2. The molecule has 0 amide bonds. The van der Waals surface area contributed by atoms with Gasteiger partial charge in [-0.05, 0) is 80.9 Å². The van der Waals surface area contributed by atoms with Gasteiger partial charge in [-0.1, -0.05) is 25.0 Å². The van der Waals surface area contributed by atoms with Crippen LogP contribution >= 0.6 is 12.2 Å². The molecule has 144 valence electrons. The van der Waals surface area contributed by atoms with Crippen molar-refractivity contribution in [2.24, 2.45) is 0 Å². The highest BCUT2D eigenvalue weighted by atomic mass is 32.1. The number of rotatable bonds is 7. The van der Waals surface area contributed by atoms with E-state index in [1.807, 2.05) is 50.2 Å². The molecule has 0 saturated heterocycles. The highest BCUT2D eigenvalue weighted by Crippen LogP contribution is 2.39. The number of anilines is 1. The maximum atomic E-state index is 5.62. The van der Waals surface area contributed by atoms with E-state index < -0.39 is 0 Å². The van der Waals surface area contributed by atoms with E-state index in [-0.39, 0.29) is 5.54 Å². The molecule has 1 aliphatic carbocycles. The third kappa shape index (κ3) is 4.92. The average molecular weight is 385 g/mol. The van der Waals surface area contributed by atoms with Crippen LogP contribution < -0.4 is 20.1 Å². The largest absolute Gasteiger partial charge is 0.494 e. The first-order chi connectivity index (χ1) is 13.1. The summed E-state index contributed by atoms with van der Waals surface area (Å²) in [7, 11) is 0. The van der Waals surface area contributed by atoms with E-state index >= 15 is 0 Å². The fraction of sp³-hybridized carbons (Fsp3) is 0.409. The summed E-state index contributed by atoms with van der Waals surface area (Å²) in [5.74, 6) is 1.77. The quantitative estimate of drug-likeness (QED) is 0.639. The van der Waals surface area contributed by atoms with Crippen LogP contribution in [0.4, 0.5) is 5.69 Å². The molecule has 5 heteroatoms. The van der Waals surface area contributed by atoms with Crippen LogP contribution in [-0.4, -0.2) is 18.3 Å². The zero-order valence-electron chi connectivity index (χ0n) is 16.1. The van der Waals surface area contributed by atoms with Crippen LogP contribution in [0.3, 0.4) is 0 Å². The Kier molecular flexibility index (Phi) is 6.56. The molecule has 2 aromatic carbocycles. The van der Waals surface area contributed by atoms with Crippen molar-refractivity contribution in [2.75, 3.05) is 18.5 Å². The number of benzene rings is 2. The zero-order valence-corrected chi connectivity index (χ0v) is 16.9. The molecule has 2 N–H and O–H groups in total. The van der Waals surface area contributed by atoms with Crippen molar-refractivity contribution in [3.63, 3.8) is 0 Å². The molecule has 27 heavy (non-hydrogen) atoms. The summed E-state index contributed by atoms with van der Waals surface area (Å²) in [4.78, 5) is 0. The van der Waals surface area contributed by atoms with Crippen LogP contribution in [-0.2, 0) is 5.54 Å². The summed E-state index contributed by atoms with van der Waals surface area (Å²) in [6, 6.07) is 16.3. The van der Waals surface area contributed by atoms with Crippen molar-refractivity contribution in [1.82, 2.24) is 5.32 Å². The molecule has 1 fully saturated rings. The van der Waals surface area contributed by atoms with Crippen LogP contribution in [0.1, 0.15) is 45.1 Å². The molecule has 0 heterocycles. The summed E-state index contributed by atoms with van der Waals surface area (Å²) in [5.41, 5.74) is 2.11. The molecule has 0 atom stereocenters. The molecule has 0 aromatic heterocycles. The minimum atomic E-state index is -0.111. The molecule has 1 saturated carbocycles. The highest BCUT2D eigenvalue weighted by Gasteiger charge is 2.36. The van der Waals surface area contributed by atoms with Gasteiger partial charge in [-0.15, -0.1) is 0 Å². The zero-order chi connectivity index (χ0) is 19.1. The molecule has 4 nitrogen and oxygen atoms in total. The first-order valence-corrected chi connectivity index (χ1v) is 10.1. The van der Waals surface area contributed by atoms with Gasteiger partial charge in [-0.25, -0.2) is 0 Å². The Hall–Kier alpha value is -2.27. The van der Waals surface area contributed by atoms with Crippen molar-refractivity contribution < 1.29 is 9.47 Å². The second-order valence-electron chi connectivity index (χ2n) is 6.78. The van der Waals surface area contributed by atoms with E-state index in [1.54, 1.807) is 0 Å². The van der Waals surface area contributed by atoms with Crippen molar-refractivity contribution in [2.45, 2.75) is 45.1 Å². The average Bonchev–Trinajstić information content (AvgIpc) is 3.14. The summed E-state index contributed by atoms with van der Waals surface area (Å²) < 4.78 is 11.1. The third-order valence-corrected chi connectivity index (χ3v) is 5.16. The standard InChI is InChI=1S/C22H28N2O2S/c1-3-25-19-11-7-17(8-12-19)22(15-5-6-16-22)24-21(27)23-18-9-13-20(14-10-18)26-4-2/h7-14H,3-6,15-16H2,1-2H3,(H2,23,24,27). The summed E-state index contributed by atoms with van der Waals surface area (Å²) >= 11 is 5.62. The molecule has 0 spiro atoms. The third-order valence-electron chi connectivity index (χ3n) is 4.95. The minimum Gasteiger partial charge on any atom is -0.494 e. The topological polar surface area (TPSA) is 42.5 Å². The predicted octanol–water partition coefficient (Wildman–Crippen LogP) is 5.24. The SMILES string of the molecule is CCOc1ccc(NC(=S)NC2(c3ccc(OCC)cc3)CCCC2)cc1. The second-order valence-corrected chi connectivity index (χ2v) is 7.19. The minimum absolute atomic E-state index is 0.111. The Bertz CT molecular complexity index is 738. The van der Waals surface area contributed by atoms with Gasteiger partial charge in [-0.2, -0.15) is 0 Å². The Balaban J connectivity index is 1.68. The summed E-state index contributed by atoms with van der Waals surface area (Å²) in [6.45, 7) is 5.32. The molecule has 2 aromatic rings. The van der Waals surface area contributed by atoms with Crippen LogP contribution in [0.25, 0.3) is 0 Å². The molecule has 0 unspecified atom stereocenters. The lowest BCUT2D eigenvalue weighted by Gasteiger charge is -2.32. The van der Waals surface area contributed by atoms with Crippen molar-refractivity contribution in [1.29, 1.82) is 0 Å². The number of hydrogen-bond acceptors (Lipinski definition) is 3. The Morgan fingerprint density at radius 2 is 1.41 bits per heavy atom. The normalized spacial score (nSPS) is 15.2. The number of hydrogen-bond donors (Lipinski definition) is 2. The van der Waals surface area contributed by atoms with Crippen LogP contribution in [0.15, 0.2) is 48.5 Å². The number of thiocarbonyl (C=S) groups is 1. The summed E-state index contributed by atoms with van der Waals surface area (Å²) in [6.07, 6.45) is 4.55. The lowest BCUT2D eigenvalue weighted by atomic mass is 9.88. The fourth-order valence-corrected chi connectivity index (χ4v) is 4.00. The maximum Gasteiger partial charge on any atom is 0.171 e. The van der Waals surface area contributed by atoms with Gasteiger partial charge < -0.3 is 20.1 Å². The molecule has 0 bridgehead atoms. The molecular weight excluding hydrogens is 356 g/mol. The van der Waals surface area contributed by atoms with E-state index in [4.69, 9.17) is 21.7 Å². The van der Waals surface area contributed by atoms with Gasteiger partial charge in [-0.3, -0.25) is 0 Å². The van der Waals surface area contributed by atoms with Crippen LogP contribution in [0, 0.1) is 0 Å². The first kappa shape index (κ1) is 19.5. The van der Waals surface area contributed by atoms with E-state index in [0.717, 1.165) is 30.0 Å². The van der Waals surface area contributed by atoms with E-state index in [9.17, 15) is 0 Å². The van der Waals surface area contributed by atoms with Crippen molar-refractivity contribution >= 4 is 23.0 Å². The Morgan fingerprint density at radius 3 is 1.93 bits per heavy atom. The highest BCUT2D eigenvalue weighted by molar-refractivity contribution is 7.80. The lowest BCUT2D eigenvalue weighted by molar-refractivity contribution is 0.339. The Morgan fingerprint density at radius 1 is 0.889 bits per heavy atom. The van der Waals surface area contributed by atoms with Gasteiger partial charge in [0.05, 0.1) is 18.8 Å². The first-order valence-electron chi connectivity index (χ1n) is 9.70. The Labute approximate surface area is 167 Å². The second kappa shape index (κ2) is 9.09. The summed E-state index contributed by atoms with van der Waals surface area (Å²) in [5, 5.41) is 7.55. The van der Waals surface area contributed by atoms with Crippen molar-refractivity contribution in [3.05, 3.63) is 54.1 Å². The van der Waals surface area contributed by atoms with Gasteiger partial charge in [0.1, 0.15) is 11.5 Å². The van der Waals surface area contributed by atoms with E-state index in [0.29, 0.717) is 18.3 Å². The van der Waals surface area contributed by atoms with Gasteiger partial charge in [0.2, 0.25) is 0 Å². The van der Waals surface area contributed by atoms with Crippen LogP contribution in [0.2, 0.25) is 0 Å². The smallest absolute Gasteiger partial charge is 0.171 e. The monoisotopic (exact) mass is 384 g/mol. The lowest BCUT2D eigenvalue weighted by Crippen LogP contribution is -2.45. The van der Waals surface area contributed by atoms with Gasteiger partial charge >= 0.3 is 0 Å². The predicted molar refractivity (Wildman–Crippen MR) is 115 cm³/mol.